The van der Waals surface area contributed by atoms with Gasteiger partial charge in [-0.25, -0.2) is 0 Å². The Balaban J connectivity index is 1.43. The molecule has 1 saturated heterocycles. The van der Waals surface area contributed by atoms with Crippen molar-refractivity contribution in [1.82, 2.24) is 4.90 Å². The summed E-state index contributed by atoms with van der Waals surface area (Å²) in [6.45, 7) is 8.34. The third-order valence-electron chi connectivity index (χ3n) is 5.24. The van der Waals surface area contributed by atoms with Crippen molar-refractivity contribution in [3.63, 3.8) is 0 Å². The maximum Gasteiger partial charge on any atom is 0.266 e. The van der Waals surface area contributed by atoms with Crippen LogP contribution in [0.3, 0.4) is 0 Å². The van der Waals surface area contributed by atoms with E-state index in [1.807, 2.05) is 23.1 Å². The number of hydrogen-bond acceptors (Lipinski definition) is 3. The molecule has 0 saturated carbocycles. The lowest BCUT2D eigenvalue weighted by Gasteiger charge is -2.33. The molecule has 1 aliphatic heterocycles. The highest BCUT2D eigenvalue weighted by Crippen LogP contribution is 2.05. The predicted molar refractivity (Wildman–Crippen MR) is 111 cm³/mol. The summed E-state index contributed by atoms with van der Waals surface area (Å²) in [4.78, 5) is 21.4. The van der Waals surface area contributed by atoms with Gasteiger partial charge >= 0.3 is 0 Å². The lowest BCUT2D eigenvalue weighted by atomic mass is 10.1. The molecule has 0 radical (unpaired) electrons. The normalized spacial score (nSPS) is 16.3. The van der Waals surface area contributed by atoms with Crippen molar-refractivity contribution in [3.8, 4) is 0 Å². The molecule has 1 amide bonds. The summed E-state index contributed by atoms with van der Waals surface area (Å²) in [6.07, 6.45) is 2.10. The summed E-state index contributed by atoms with van der Waals surface area (Å²) in [5.41, 5.74) is 3.60. The third-order valence-corrected chi connectivity index (χ3v) is 5.24. The van der Waals surface area contributed by atoms with Gasteiger partial charge in [0.2, 0.25) is 6.10 Å². The number of piperazine rings is 1. The largest absolute Gasteiger partial charge is 0.383 e. The summed E-state index contributed by atoms with van der Waals surface area (Å²) >= 11 is 0. The smallest absolute Gasteiger partial charge is 0.266 e. The van der Waals surface area contributed by atoms with Gasteiger partial charge in [-0.05, 0) is 24.5 Å². The summed E-state index contributed by atoms with van der Waals surface area (Å²) in [5, 5.41) is 4.01. The molecule has 2 aromatic carbocycles. The van der Waals surface area contributed by atoms with Crippen LogP contribution < -0.4 is 4.90 Å². The fourth-order valence-electron chi connectivity index (χ4n) is 3.43. The Morgan fingerprint density at radius 2 is 1.79 bits per heavy atom. The molecule has 2 aromatic rings. The van der Waals surface area contributed by atoms with Crippen LogP contribution in [0.4, 0.5) is 0 Å². The molecule has 0 unspecified atom stereocenters. The molecule has 5 heteroatoms. The van der Waals surface area contributed by atoms with Gasteiger partial charge in [0.15, 0.2) is 0 Å². The van der Waals surface area contributed by atoms with E-state index in [0.29, 0.717) is 0 Å². The van der Waals surface area contributed by atoms with Gasteiger partial charge in [0, 0.05) is 5.56 Å². The maximum absolute atomic E-state index is 12.6. The first kappa shape index (κ1) is 20.1. The fourth-order valence-corrected chi connectivity index (χ4v) is 3.43. The molecule has 3 rings (SSSR count). The number of carbonyl (C=O) groups is 1. The number of hydrogen-bond donors (Lipinski definition) is 1. The van der Waals surface area contributed by atoms with Crippen LogP contribution >= 0.6 is 0 Å². The van der Waals surface area contributed by atoms with Crippen LogP contribution in [0.25, 0.3) is 0 Å². The Labute approximate surface area is 167 Å². The SMILES string of the molecule is CCc1ccc(/C=N\O[C@@H](C)C(=O)N2CC[NH+](Cc3ccccc3)CC2)cc1. The van der Waals surface area contributed by atoms with Gasteiger partial charge in [-0.2, -0.15) is 0 Å². The molecule has 1 atom stereocenters. The van der Waals surface area contributed by atoms with E-state index in [4.69, 9.17) is 4.84 Å². The number of amides is 1. The van der Waals surface area contributed by atoms with Crippen molar-refractivity contribution in [2.75, 3.05) is 26.2 Å². The first-order valence-electron chi connectivity index (χ1n) is 10.1. The number of rotatable bonds is 7. The van der Waals surface area contributed by atoms with Gasteiger partial charge in [0.1, 0.15) is 6.54 Å². The lowest BCUT2D eigenvalue weighted by Crippen LogP contribution is -3.13. The van der Waals surface area contributed by atoms with Gasteiger partial charge < -0.3 is 14.6 Å². The molecule has 1 aliphatic rings. The van der Waals surface area contributed by atoms with E-state index in [1.54, 1.807) is 13.1 Å². The minimum atomic E-state index is -0.568. The van der Waals surface area contributed by atoms with Gasteiger partial charge in [-0.3, -0.25) is 4.79 Å². The monoisotopic (exact) mass is 380 g/mol. The van der Waals surface area contributed by atoms with E-state index in [1.165, 1.54) is 16.0 Å². The van der Waals surface area contributed by atoms with Gasteiger partial charge in [-0.15, -0.1) is 0 Å². The number of quaternary nitrogens is 1. The van der Waals surface area contributed by atoms with Crippen molar-refractivity contribution in [1.29, 1.82) is 0 Å². The molecule has 5 nitrogen and oxygen atoms in total. The second-order valence-corrected chi connectivity index (χ2v) is 7.31. The van der Waals surface area contributed by atoms with Crippen molar-refractivity contribution < 1.29 is 14.5 Å². The number of nitrogens with one attached hydrogen (secondary N) is 1. The summed E-state index contributed by atoms with van der Waals surface area (Å²) in [5.74, 6) is 0.0113. The standard InChI is InChI=1S/C23H29N3O2/c1-3-20-9-11-21(12-10-20)17-24-28-19(2)23(27)26-15-13-25(14-16-26)18-22-7-5-4-6-8-22/h4-12,17,19H,3,13-16,18H2,1-2H3/p+1/b24-17-/t19-/m0/s1. The topological polar surface area (TPSA) is 46.3 Å². The van der Waals surface area contributed by atoms with E-state index < -0.39 is 6.10 Å². The second-order valence-electron chi connectivity index (χ2n) is 7.31. The summed E-state index contributed by atoms with van der Waals surface area (Å²) in [7, 11) is 0. The Bertz CT molecular complexity index is 766. The Morgan fingerprint density at radius 1 is 1.11 bits per heavy atom. The average molecular weight is 381 g/mol. The number of nitrogens with zero attached hydrogens (tertiary/aromatic N) is 2. The Morgan fingerprint density at radius 3 is 2.43 bits per heavy atom. The Hall–Kier alpha value is -2.66. The van der Waals surface area contributed by atoms with Crippen LogP contribution in [0, 0.1) is 0 Å². The number of oxime groups is 1. The molecular formula is C23H30N3O2+. The first-order chi connectivity index (χ1) is 13.7. The minimum Gasteiger partial charge on any atom is -0.383 e. The molecule has 0 aliphatic carbocycles. The van der Waals surface area contributed by atoms with E-state index in [9.17, 15) is 4.79 Å². The quantitative estimate of drug-likeness (QED) is 0.589. The molecule has 28 heavy (non-hydrogen) atoms. The molecule has 0 bridgehead atoms. The molecule has 1 heterocycles. The highest BCUT2D eigenvalue weighted by molar-refractivity contribution is 5.81. The Kier molecular flexibility index (Phi) is 7.20. The number of carbonyl (C=O) groups excluding carboxylic acids is 1. The zero-order valence-corrected chi connectivity index (χ0v) is 16.8. The molecule has 1 fully saturated rings. The van der Waals surface area contributed by atoms with E-state index >= 15 is 0 Å². The number of benzene rings is 2. The van der Waals surface area contributed by atoms with Crippen molar-refractivity contribution in [2.24, 2.45) is 5.16 Å². The predicted octanol–water partition coefficient (Wildman–Crippen LogP) is 1.92. The molecule has 0 aromatic heterocycles. The van der Waals surface area contributed by atoms with Crippen LogP contribution in [-0.2, 0) is 22.6 Å². The molecule has 148 valence electrons. The van der Waals surface area contributed by atoms with Crippen LogP contribution in [0.15, 0.2) is 59.8 Å². The van der Waals surface area contributed by atoms with Crippen molar-refractivity contribution >= 4 is 12.1 Å². The van der Waals surface area contributed by atoms with Crippen LogP contribution in [0.2, 0.25) is 0 Å². The lowest BCUT2D eigenvalue weighted by molar-refractivity contribution is -0.917. The molecular weight excluding hydrogens is 350 g/mol. The van der Waals surface area contributed by atoms with Crippen LogP contribution in [0.5, 0.6) is 0 Å². The molecule has 0 spiro atoms. The van der Waals surface area contributed by atoms with Crippen molar-refractivity contribution in [3.05, 3.63) is 71.3 Å². The van der Waals surface area contributed by atoms with Gasteiger partial charge in [-0.1, -0.05) is 66.7 Å². The fraction of sp³-hybridized carbons (Fsp3) is 0.391. The van der Waals surface area contributed by atoms with Gasteiger partial charge in [0.25, 0.3) is 5.91 Å². The summed E-state index contributed by atoms with van der Waals surface area (Å²) in [6, 6.07) is 18.7. The maximum atomic E-state index is 12.6. The van der Waals surface area contributed by atoms with Crippen LogP contribution in [0.1, 0.15) is 30.5 Å². The second kappa shape index (κ2) is 10.0. The van der Waals surface area contributed by atoms with Gasteiger partial charge in [0.05, 0.1) is 32.4 Å². The van der Waals surface area contributed by atoms with Crippen molar-refractivity contribution in [2.45, 2.75) is 32.9 Å². The van der Waals surface area contributed by atoms with E-state index in [-0.39, 0.29) is 5.91 Å². The zero-order valence-electron chi connectivity index (χ0n) is 16.8. The number of aryl methyl sites for hydroxylation is 1. The third kappa shape index (κ3) is 5.67. The average Bonchev–Trinajstić information content (AvgIpc) is 2.75. The van der Waals surface area contributed by atoms with Crippen LogP contribution in [-0.4, -0.2) is 49.3 Å². The zero-order chi connectivity index (χ0) is 19.8. The summed E-state index contributed by atoms with van der Waals surface area (Å²) < 4.78 is 0. The highest BCUT2D eigenvalue weighted by Gasteiger charge is 2.27. The van der Waals surface area contributed by atoms with E-state index in [0.717, 1.165) is 44.7 Å². The van der Waals surface area contributed by atoms with E-state index in [2.05, 4.69) is 48.5 Å². The minimum absolute atomic E-state index is 0.0113. The highest BCUT2D eigenvalue weighted by atomic mass is 16.6. The molecule has 1 N–H and O–H groups in total. The first-order valence-corrected chi connectivity index (χ1v) is 10.1.